The molecule has 0 saturated heterocycles. The first-order chi connectivity index (χ1) is 10.3. The first kappa shape index (κ1) is 16.8. The Morgan fingerprint density at radius 3 is 2.05 bits per heavy atom. The summed E-state index contributed by atoms with van der Waals surface area (Å²) in [7, 11) is 1.97. The van der Waals surface area contributed by atoms with Gasteiger partial charge in [-0.05, 0) is 22.9 Å². The second-order valence-corrected chi connectivity index (χ2v) is 4.18. The summed E-state index contributed by atoms with van der Waals surface area (Å²) < 4.78 is 1.97. The van der Waals surface area contributed by atoms with Crippen LogP contribution in [0.1, 0.15) is 27.7 Å². The molecule has 0 bridgehead atoms. The van der Waals surface area contributed by atoms with E-state index < -0.39 is 0 Å². The SMILES string of the molecule is CC.CC.Cn1cncc1-c1cc2ccccc2cc1N. The van der Waals surface area contributed by atoms with Gasteiger partial charge in [-0.2, -0.15) is 0 Å². The molecule has 112 valence electrons. The van der Waals surface area contributed by atoms with Gasteiger partial charge in [-0.1, -0.05) is 52.0 Å². The van der Waals surface area contributed by atoms with Crippen molar-refractivity contribution < 1.29 is 0 Å². The summed E-state index contributed by atoms with van der Waals surface area (Å²) >= 11 is 0. The van der Waals surface area contributed by atoms with Gasteiger partial charge in [-0.15, -0.1) is 0 Å². The predicted molar refractivity (Wildman–Crippen MR) is 93.3 cm³/mol. The molecule has 2 aromatic carbocycles. The highest BCUT2D eigenvalue weighted by Crippen LogP contribution is 2.29. The van der Waals surface area contributed by atoms with Crippen LogP contribution in [0.25, 0.3) is 22.0 Å². The van der Waals surface area contributed by atoms with Gasteiger partial charge in [0.15, 0.2) is 0 Å². The molecule has 1 heterocycles. The summed E-state index contributed by atoms with van der Waals surface area (Å²) in [6.07, 6.45) is 3.62. The van der Waals surface area contributed by atoms with Crippen LogP contribution in [0.15, 0.2) is 48.9 Å². The van der Waals surface area contributed by atoms with Crippen LogP contribution >= 0.6 is 0 Å². The Labute approximate surface area is 127 Å². The van der Waals surface area contributed by atoms with Crippen LogP contribution in [0.2, 0.25) is 0 Å². The molecule has 0 fully saturated rings. The lowest BCUT2D eigenvalue weighted by Gasteiger charge is -2.08. The molecule has 0 aliphatic heterocycles. The van der Waals surface area contributed by atoms with Gasteiger partial charge in [0, 0.05) is 18.3 Å². The fourth-order valence-corrected chi connectivity index (χ4v) is 2.10. The highest BCUT2D eigenvalue weighted by Gasteiger charge is 2.07. The number of anilines is 1. The maximum atomic E-state index is 6.11. The van der Waals surface area contributed by atoms with E-state index in [2.05, 4.69) is 23.2 Å². The van der Waals surface area contributed by atoms with Crippen molar-refractivity contribution >= 4 is 16.5 Å². The largest absolute Gasteiger partial charge is 0.398 e. The number of imidazole rings is 1. The van der Waals surface area contributed by atoms with Crippen LogP contribution in [0.5, 0.6) is 0 Å². The van der Waals surface area contributed by atoms with Gasteiger partial charge >= 0.3 is 0 Å². The lowest BCUT2D eigenvalue weighted by atomic mass is 10.0. The van der Waals surface area contributed by atoms with Gasteiger partial charge in [-0.25, -0.2) is 4.98 Å². The van der Waals surface area contributed by atoms with Crippen LogP contribution in [0.3, 0.4) is 0 Å². The quantitative estimate of drug-likeness (QED) is 0.647. The number of aromatic nitrogens is 2. The van der Waals surface area contributed by atoms with Crippen LogP contribution in [-0.4, -0.2) is 9.55 Å². The Kier molecular flexibility index (Phi) is 6.47. The maximum Gasteiger partial charge on any atom is 0.0948 e. The van der Waals surface area contributed by atoms with Gasteiger partial charge in [0.25, 0.3) is 0 Å². The molecule has 0 spiro atoms. The molecular formula is C18H25N3. The third-order valence-corrected chi connectivity index (χ3v) is 3.01. The molecule has 3 rings (SSSR count). The third-order valence-electron chi connectivity index (χ3n) is 3.01. The van der Waals surface area contributed by atoms with Crippen molar-refractivity contribution in [3.63, 3.8) is 0 Å². The van der Waals surface area contributed by atoms with E-state index in [1.54, 1.807) is 6.33 Å². The zero-order valence-corrected chi connectivity index (χ0v) is 13.6. The van der Waals surface area contributed by atoms with Crippen molar-refractivity contribution in [2.45, 2.75) is 27.7 Å². The fourth-order valence-electron chi connectivity index (χ4n) is 2.10. The smallest absolute Gasteiger partial charge is 0.0948 e. The van der Waals surface area contributed by atoms with Crippen molar-refractivity contribution in [2.75, 3.05) is 5.73 Å². The number of hydrogen-bond acceptors (Lipinski definition) is 2. The molecule has 3 heteroatoms. The van der Waals surface area contributed by atoms with Crippen molar-refractivity contribution in [3.05, 3.63) is 48.9 Å². The zero-order chi connectivity index (χ0) is 15.8. The van der Waals surface area contributed by atoms with Crippen molar-refractivity contribution in [2.24, 2.45) is 7.05 Å². The summed E-state index contributed by atoms with van der Waals surface area (Å²) in [5.74, 6) is 0. The van der Waals surface area contributed by atoms with Crippen LogP contribution in [0.4, 0.5) is 5.69 Å². The molecule has 0 unspecified atom stereocenters. The van der Waals surface area contributed by atoms with E-state index in [1.165, 1.54) is 5.39 Å². The van der Waals surface area contributed by atoms with Crippen LogP contribution in [-0.2, 0) is 7.05 Å². The number of aryl methyl sites for hydroxylation is 1. The van der Waals surface area contributed by atoms with Crippen LogP contribution in [0, 0.1) is 0 Å². The van der Waals surface area contributed by atoms with E-state index in [0.717, 1.165) is 22.3 Å². The first-order valence-electron chi connectivity index (χ1n) is 7.50. The molecule has 3 aromatic rings. The lowest BCUT2D eigenvalue weighted by molar-refractivity contribution is 0.922. The Morgan fingerprint density at radius 1 is 0.952 bits per heavy atom. The van der Waals surface area contributed by atoms with E-state index in [0.29, 0.717) is 0 Å². The summed E-state index contributed by atoms with van der Waals surface area (Å²) in [5, 5.41) is 2.36. The van der Waals surface area contributed by atoms with Crippen molar-refractivity contribution in [3.8, 4) is 11.3 Å². The number of fused-ring (bicyclic) bond motifs is 1. The molecule has 1 aromatic heterocycles. The molecule has 0 amide bonds. The molecule has 0 saturated carbocycles. The Hall–Kier alpha value is -2.29. The minimum Gasteiger partial charge on any atom is -0.398 e. The molecular weight excluding hydrogens is 258 g/mol. The molecule has 0 aliphatic rings. The number of nitrogens with zero attached hydrogens (tertiary/aromatic N) is 2. The van der Waals surface area contributed by atoms with Crippen molar-refractivity contribution in [1.82, 2.24) is 9.55 Å². The average Bonchev–Trinajstić information content (AvgIpc) is 2.96. The molecule has 0 aliphatic carbocycles. The van der Waals surface area contributed by atoms with E-state index >= 15 is 0 Å². The molecule has 2 N–H and O–H groups in total. The minimum absolute atomic E-state index is 0.785. The first-order valence-corrected chi connectivity index (χ1v) is 7.50. The zero-order valence-electron chi connectivity index (χ0n) is 13.6. The van der Waals surface area contributed by atoms with Gasteiger partial charge < -0.3 is 10.3 Å². The summed E-state index contributed by atoms with van der Waals surface area (Å²) in [4.78, 5) is 4.13. The number of benzene rings is 2. The third kappa shape index (κ3) is 3.63. The maximum absolute atomic E-state index is 6.11. The van der Waals surface area contributed by atoms with Gasteiger partial charge in [0.1, 0.15) is 0 Å². The van der Waals surface area contributed by atoms with E-state index in [-0.39, 0.29) is 0 Å². The van der Waals surface area contributed by atoms with Gasteiger partial charge in [0.2, 0.25) is 0 Å². The number of nitrogen functional groups attached to an aromatic ring is 1. The average molecular weight is 283 g/mol. The molecule has 0 radical (unpaired) electrons. The lowest BCUT2D eigenvalue weighted by Crippen LogP contribution is -1.95. The topological polar surface area (TPSA) is 43.8 Å². The van der Waals surface area contributed by atoms with Crippen LogP contribution < -0.4 is 5.73 Å². The van der Waals surface area contributed by atoms with E-state index in [4.69, 9.17) is 5.73 Å². The van der Waals surface area contributed by atoms with Gasteiger partial charge in [-0.3, -0.25) is 0 Å². The minimum atomic E-state index is 0.785. The molecule has 21 heavy (non-hydrogen) atoms. The Morgan fingerprint density at radius 2 is 1.52 bits per heavy atom. The van der Waals surface area contributed by atoms with E-state index in [9.17, 15) is 0 Å². The fraction of sp³-hybridized carbons (Fsp3) is 0.278. The standard InChI is InChI=1S/C14H13N3.2C2H6/c1-17-9-16-8-14(17)12-6-10-4-2-3-5-11(10)7-13(12)15;2*1-2/h2-9H,15H2,1H3;2*1-2H3. The molecule has 0 atom stereocenters. The second kappa shape index (κ2) is 8.10. The highest BCUT2D eigenvalue weighted by molar-refractivity contribution is 5.92. The number of rotatable bonds is 1. The highest BCUT2D eigenvalue weighted by atomic mass is 15.0. The second-order valence-electron chi connectivity index (χ2n) is 4.18. The number of nitrogens with two attached hydrogens (primary N) is 1. The summed E-state index contributed by atoms with van der Waals surface area (Å²) in [6, 6.07) is 12.3. The van der Waals surface area contributed by atoms with E-state index in [1.807, 2.05) is 63.7 Å². The Bertz CT molecular complexity index is 684. The normalized spacial score (nSPS) is 9.38. The van der Waals surface area contributed by atoms with Gasteiger partial charge in [0.05, 0.1) is 18.2 Å². The van der Waals surface area contributed by atoms with Crippen molar-refractivity contribution in [1.29, 1.82) is 0 Å². The summed E-state index contributed by atoms with van der Waals surface area (Å²) in [5.41, 5.74) is 8.96. The Balaban J connectivity index is 0.000000510. The molecule has 3 nitrogen and oxygen atoms in total. The predicted octanol–water partition coefficient (Wildman–Crippen LogP) is 4.87. The number of hydrogen-bond donors (Lipinski definition) is 1. The monoisotopic (exact) mass is 283 g/mol. The summed E-state index contributed by atoms with van der Waals surface area (Å²) in [6.45, 7) is 8.00.